The van der Waals surface area contributed by atoms with E-state index in [-0.39, 0.29) is 0 Å². The van der Waals surface area contributed by atoms with Crippen LogP contribution in [0.2, 0.25) is 0 Å². The van der Waals surface area contributed by atoms with Crippen LogP contribution < -0.4 is 0 Å². The van der Waals surface area contributed by atoms with Crippen LogP contribution in [-0.4, -0.2) is 4.98 Å². The van der Waals surface area contributed by atoms with Crippen LogP contribution in [0, 0.1) is 12.3 Å². The van der Waals surface area contributed by atoms with Crippen molar-refractivity contribution in [3.05, 3.63) is 29.3 Å². The summed E-state index contributed by atoms with van der Waals surface area (Å²) < 4.78 is 1.31. The molecule has 0 radical (unpaired) electrons. The third-order valence-electron chi connectivity index (χ3n) is 3.30. The SMILES string of the molecule is C#CCCCCCCCCc1nc2ccccc2s1. The van der Waals surface area contributed by atoms with Gasteiger partial charge < -0.3 is 0 Å². The van der Waals surface area contributed by atoms with Gasteiger partial charge in [-0.2, -0.15) is 0 Å². The van der Waals surface area contributed by atoms with Gasteiger partial charge in [0.15, 0.2) is 0 Å². The molecule has 0 aliphatic heterocycles. The van der Waals surface area contributed by atoms with Crippen molar-refractivity contribution < 1.29 is 0 Å². The third-order valence-corrected chi connectivity index (χ3v) is 4.40. The first kappa shape index (κ1) is 14.1. The summed E-state index contributed by atoms with van der Waals surface area (Å²) in [5.41, 5.74) is 1.15. The number of nitrogens with zero attached hydrogens (tertiary/aromatic N) is 1. The molecule has 0 aliphatic carbocycles. The van der Waals surface area contributed by atoms with Gasteiger partial charge in [-0.15, -0.1) is 23.7 Å². The Hall–Kier alpha value is -1.33. The molecule has 1 heterocycles. The largest absolute Gasteiger partial charge is 0.241 e. The van der Waals surface area contributed by atoms with Crippen molar-refractivity contribution in [3.63, 3.8) is 0 Å². The number of hydrogen-bond donors (Lipinski definition) is 0. The number of aryl methyl sites for hydroxylation is 1. The Balaban J connectivity index is 1.62. The number of thiazole rings is 1. The Morgan fingerprint density at radius 3 is 2.53 bits per heavy atom. The average Bonchev–Trinajstić information content (AvgIpc) is 2.84. The number of unbranched alkanes of at least 4 members (excludes halogenated alkanes) is 6. The van der Waals surface area contributed by atoms with Crippen LogP contribution in [-0.2, 0) is 6.42 Å². The Bertz CT molecular complexity index is 502. The molecule has 0 atom stereocenters. The van der Waals surface area contributed by atoms with Crippen LogP contribution in [0.5, 0.6) is 0 Å². The summed E-state index contributed by atoms with van der Waals surface area (Å²) in [5.74, 6) is 2.70. The van der Waals surface area contributed by atoms with E-state index in [1.54, 1.807) is 0 Å². The van der Waals surface area contributed by atoms with Crippen molar-refractivity contribution >= 4 is 21.6 Å². The van der Waals surface area contributed by atoms with E-state index in [0.717, 1.165) is 18.4 Å². The lowest BCUT2D eigenvalue weighted by Gasteiger charge is -1.99. The standard InChI is InChI=1S/C17H21NS/c1-2-3-4-5-6-7-8-9-14-17-18-15-12-10-11-13-16(15)19-17/h1,10-13H,3-9,14H2. The fraction of sp³-hybridized carbons (Fsp3) is 0.471. The summed E-state index contributed by atoms with van der Waals surface area (Å²) in [6, 6.07) is 8.39. The molecule has 19 heavy (non-hydrogen) atoms. The Labute approximate surface area is 120 Å². The van der Waals surface area contributed by atoms with Crippen molar-refractivity contribution in [2.75, 3.05) is 0 Å². The molecule has 2 rings (SSSR count). The van der Waals surface area contributed by atoms with Gasteiger partial charge >= 0.3 is 0 Å². The predicted molar refractivity (Wildman–Crippen MR) is 84.5 cm³/mol. The molecule has 0 unspecified atom stereocenters. The highest BCUT2D eigenvalue weighted by molar-refractivity contribution is 7.18. The summed E-state index contributed by atoms with van der Waals surface area (Å²) >= 11 is 1.84. The average molecular weight is 271 g/mol. The minimum absolute atomic E-state index is 0.936. The second-order valence-electron chi connectivity index (χ2n) is 4.90. The molecule has 2 aromatic rings. The molecule has 1 aromatic heterocycles. The van der Waals surface area contributed by atoms with Crippen molar-refractivity contribution in [3.8, 4) is 12.3 Å². The van der Waals surface area contributed by atoms with Crippen LogP contribution in [0.15, 0.2) is 24.3 Å². The first-order valence-electron chi connectivity index (χ1n) is 7.18. The van der Waals surface area contributed by atoms with Gasteiger partial charge in [-0.3, -0.25) is 0 Å². The fourth-order valence-electron chi connectivity index (χ4n) is 2.24. The highest BCUT2D eigenvalue weighted by Gasteiger charge is 2.02. The maximum absolute atomic E-state index is 5.23. The molecule has 0 saturated heterocycles. The second kappa shape index (κ2) is 7.96. The van der Waals surface area contributed by atoms with E-state index >= 15 is 0 Å². The fourth-order valence-corrected chi connectivity index (χ4v) is 3.25. The maximum Gasteiger partial charge on any atom is 0.0938 e. The maximum atomic E-state index is 5.23. The van der Waals surface area contributed by atoms with E-state index in [1.165, 1.54) is 48.2 Å². The van der Waals surface area contributed by atoms with Crippen LogP contribution in [0.4, 0.5) is 0 Å². The van der Waals surface area contributed by atoms with Crippen LogP contribution in [0.1, 0.15) is 50.0 Å². The molecule has 1 nitrogen and oxygen atoms in total. The first-order valence-corrected chi connectivity index (χ1v) is 8.00. The number of para-hydroxylation sites is 1. The van der Waals surface area contributed by atoms with Crippen LogP contribution >= 0.6 is 11.3 Å². The van der Waals surface area contributed by atoms with Gasteiger partial charge in [0.1, 0.15) is 0 Å². The van der Waals surface area contributed by atoms with Gasteiger partial charge in [0.05, 0.1) is 15.2 Å². The number of rotatable bonds is 8. The molecule has 0 saturated carbocycles. The number of fused-ring (bicyclic) bond motifs is 1. The van der Waals surface area contributed by atoms with Crippen molar-refractivity contribution in [1.29, 1.82) is 0 Å². The Kier molecular flexibility index (Phi) is 5.91. The van der Waals surface area contributed by atoms with Crippen LogP contribution in [0.3, 0.4) is 0 Å². The number of aromatic nitrogens is 1. The van der Waals surface area contributed by atoms with Gasteiger partial charge in [-0.1, -0.05) is 37.8 Å². The first-order chi connectivity index (χ1) is 9.40. The van der Waals surface area contributed by atoms with E-state index < -0.39 is 0 Å². The zero-order valence-corrected chi connectivity index (χ0v) is 12.2. The smallest absolute Gasteiger partial charge is 0.0938 e. The normalized spacial score (nSPS) is 10.7. The second-order valence-corrected chi connectivity index (χ2v) is 6.02. The van der Waals surface area contributed by atoms with E-state index in [1.807, 2.05) is 11.3 Å². The lowest BCUT2D eigenvalue weighted by atomic mass is 10.1. The van der Waals surface area contributed by atoms with Gasteiger partial charge in [-0.25, -0.2) is 4.98 Å². The highest BCUT2D eigenvalue weighted by Crippen LogP contribution is 2.23. The summed E-state index contributed by atoms with van der Waals surface area (Å²) in [5, 5.41) is 1.29. The molecule has 0 N–H and O–H groups in total. The molecule has 0 bridgehead atoms. The summed E-state index contributed by atoms with van der Waals surface area (Å²) in [4.78, 5) is 4.67. The van der Waals surface area contributed by atoms with Gasteiger partial charge in [0, 0.05) is 6.42 Å². The van der Waals surface area contributed by atoms with Gasteiger partial charge in [0.25, 0.3) is 0 Å². The summed E-state index contributed by atoms with van der Waals surface area (Å²) in [6.07, 6.45) is 15.0. The summed E-state index contributed by atoms with van der Waals surface area (Å²) in [7, 11) is 0. The van der Waals surface area contributed by atoms with E-state index in [0.29, 0.717) is 0 Å². The lowest BCUT2D eigenvalue weighted by Crippen LogP contribution is -1.85. The van der Waals surface area contributed by atoms with E-state index in [9.17, 15) is 0 Å². The zero-order valence-electron chi connectivity index (χ0n) is 11.4. The van der Waals surface area contributed by atoms with Crippen molar-refractivity contribution in [1.82, 2.24) is 4.98 Å². The molecule has 100 valence electrons. The molecule has 0 fully saturated rings. The predicted octanol–water partition coefficient (Wildman–Crippen LogP) is 5.20. The highest BCUT2D eigenvalue weighted by atomic mass is 32.1. The molecular formula is C17H21NS. The number of benzene rings is 1. The monoisotopic (exact) mass is 271 g/mol. The van der Waals surface area contributed by atoms with Gasteiger partial charge in [-0.05, 0) is 31.4 Å². The van der Waals surface area contributed by atoms with Crippen molar-refractivity contribution in [2.45, 2.75) is 51.4 Å². The topological polar surface area (TPSA) is 12.9 Å². The minimum atomic E-state index is 0.936. The lowest BCUT2D eigenvalue weighted by molar-refractivity contribution is 0.598. The quantitative estimate of drug-likeness (QED) is 0.475. The summed E-state index contributed by atoms with van der Waals surface area (Å²) in [6.45, 7) is 0. The zero-order chi connectivity index (χ0) is 13.3. The van der Waals surface area contributed by atoms with Gasteiger partial charge in [0.2, 0.25) is 0 Å². The number of terminal acetylenes is 1. The Morgan fingerprint density at radius 2 is 1.74 bits per heavy atom. The molecular weight excluding hydrogens is 250 g/mol. The Morgan fingerprint density at radius 1 is 1.00 bits per heavy atom. The molecule has 1 aromatic carbocycles. The molecule has 0 amide bonds. The third kappa shape index (κ3) is 4.69. The minimum Gasteiger partial charge on any atom is -0.241 e. The van der Waals surface area contributed by atoms with E-state index in [4.69, 9.17) is 6.42 Å². The molecule has 0 spiro atoms. The van der Waals surface area contributed by atoms with Crippen LogP contribution in [0.25, 0.3) is 10.2 Å². The molecule has 0 aliphatic rings. The number of hydrogen-bond acceptors (Lipinski definition) is 2. The molecule has 2 heteroatoms. The van der Waals surface area contributed by atoms with E-state index in [2.05, 4.69) is 35.2 Å². The van der Waals surface area contributed by atoms with Crippen molar-refractivity contribution in [2.24, 2.45) is 0 Å².